The molecule has 2 nitrogen and oxygen atoms in total. The number of hydrogen-bond donors (Lipinski definition) is 0. The normalized spacial score (nSPS) is 10.6. The fourth-order valence-electron chi connectivity index (χ4n) is 4.55. The molecule has 6 aromatic rings. The van der Waals surface area contributed by atoms with Crippen molar-refractivity contribution in [3.63, 3.8) is 0 Å². The summed E-state index contributed by atoms with van der Waals surface area (Å²) in [5.74, 6) is 0. The molecule has 2 heterocycles. The smallest absolute Gasteiger partial charge is 0.779 e. The van der Waals surface area contributed by atoms with Gasteiger partial charge in [0.2, 0.25) is 0 Å². The van der Waals surface area contributed by atoms with Crippen molar-refractivity contribution in [1.82, 2.24) is 9.97 Å². The monoisotopic (exact) mass is 717 g/mol. The van der Waals surface area contributed by atoms with Gasteiger partial charge in [-0.1, -0.05) is 109 Å². The van der Waals surface area contributed by atoms with Crippen LogP contribution in [0.25, 0.3) is 56.2 Å². The molecule has 39 heavy (non-hydrogen) atoms. The first-order chi connectivity index (χ1) is 18.7. The van der Waals surface area contributed by atoms with E-state index in [1.165, 1.54) is 0 Å². The van der Waals surface area contributed by atoms with Crippen molar-refractivity contribution in [1.29, 1.82) is 0 Å². The molecule has 0 amide bonds. The van der Waals surface area contributed by atoms with Crippen molar-refractivity contribution in [3.8, 4) is 56.2 Å². The largest absolute Gasteiger partial charge is 2.00 e. The van der Waals surface area contributed by atoms with Crippen LogP contribution in [0.1, 0.15) is 0 Å². The van der Waals surface area contributed by atoms with E-state index in [0.29, 0.717) is 0 Å². The molecule has 0 spiro atoms. The van der Waals surface area contributed by atoms with E-state index in [-0.39, 0.29) is 21.1 Å². The Morgan fingerprint density at radius 1 is 0.359 bits per heavy atom. The van der Waals surface area contributed by atoms with Gasteiger partial charge in [0.15, 0.2) is 0 Å². The Bertz CT molecular complexity index is 1610. The van der Waals surface area contributed by atoms with Gasteiger partial charge in [0.05, 0.1) is 22.8 Å². The Balaban J connectivity index is 0.00000308. The van der Waals surface area contributed by atoms with Crippen molar-refractivity contribution >= 4 is 25.3 Å². The Labute approximate surface area is 254 Å². The van der Waals surface area contributed by atoms with Gasteiger partial charge in [0.25, 0.3) is 0 Å². The average Bonchev–Trinajstić information content (AvgIpc) is 2.98. The van der Waals surface area contributed by atoms with E-state index in [0.717, 1.165) is 65.9 Å². The fraction of sp³-hybridized carbons (Fsp3) is 0. The molecule has 0 fully saturated rings. The number of hydrogen-bond acceptors (Lipinski definition) is 4. The first-order valence-corrected chi connectivity index (χ1v) is 13.2. The van der Waals surface area contributed by atoms with Crippen molar-refractivity contribution in [2.45, 2.75) is 9.79 Å². The zero-order valence-electron chi connectivity index (χ0n) is 20.7. The molecule has 0 bridgehead atoms. The molecule has 0 unspecified atom stereocenters. The summed E-state index contributed by atoms with van der Waals surface area (Å²) in [7, 11) is 0. The second-order valence-electron chi connectivity index (χ2n) is 8.98. The van der Waals surface area contributed by atoms with Crippen LogP contribution in [0.15, 0.2) is 143 Å². The van der Waals surface area contributed by atoms with Crippen LogP contribution in [0, 0.1) is 0 Å². The summed E-state index contributed by atoms with van der Waals surface area (Å²) >= 11 is 11.3. The van der Waals surface area contributed by atoms with Gasteiger partial charge < -0.3 is 25.3 Å². The third kappa shape index (κ3) is 5.84. The minimum absolute atomic E-state index is 0. The predicted octanol–water partition coefficient (Wildman–Crippen LogP) is 8.62. The van der Waals surface area contributed by atoms with E-state index in [1.807, 2.05) is 84.9 Å². The number of pyridine rings is 2. The summed E-state index contributed by atoms with van der Waals surface area (Å²) in [5.41, 5.74) is 9.38. The van der Waals surface area contributed by atoms with Gasteiger partial charge in [-0.25, -0.2) is 9.97 Å². The first-order valence-electron chi connectivity index (χ1n) is 12.3. The third-order valence-corrected chi connectivity index (χ3v) is 7.17. The van der Waals surface area contributed by atoms with Gasteiger partial charge in [-0.3, -0.25) is 0 Å². The molecule has 5 heteroatoms. The molecule has 0 aliphatic rings. The van der Waals surface area contributed by atoms with E-state index in [1.54, 1.807) is 0 Å². The molecule has 0 N–H and O–H groups in total. The molecule has 0 saturated carbocycles. The Morgan fingerprint density at radius 3 is 1.08 bits per heavy atom. The van der Waals surface area contributed by atoms with Crippen LogP contribution in [0.2, 0.25) is 0 Å². The number of nitrogens with zero attached hydrogens (tertiary/aromatic N) is 2. The molecular formula is C34H22N2PtS2. The molecule has 6 rings (SSSR count). The van der Waals surface area contributed by atoms with Crippen molar-refractivity contribution < 1.29 is 21.1 Å². The van der Waals surface area contributed by atoms with Gasteiger partial charge in [-0.15, -0.1) is 0 Å². The molecule has 0 atom stereocenters. The van der Waals surface area contributed by atoms with Crippen LogP contribution in [0.5, 0.6) is 0 Å². The summed E-state index contributed by atoms with van der Waals surface area (Å²) in [4.78, 5) is 11.7. The molecule has 0 radical (unpaired) electrons. The quantitative estimate of drug-likeness (QED) is 0.167. The van der Waals surface area contributed by atoms with E-state index < -0.39 is 0 Å². The SMILES string of the molecule is [Pt+2].[S-]c1ccccc1-c1cc(-c2ccccc2)cc(-c2cc(-c3ccccc3)cc(-c3ccccc3[S-])n2)n1. The number of aromatic nitrogens is 2. The topological polar surface area (TPSA) is 25.8 Å². The molecule has 0 saturated heterocycles. The summed E-state index contributed by atoms with van der Waals surface area (Å²) < 4.78 is 0. The van der Waals surface area contributed by atoms with E-state index in [2.05, 4.69) is 48.5 Å². The van der Waals surface area contributed by atoms with Crippen LogP contribution in [0.3, 0.4) is 0 Å². The van der Waals surface area contributed by atoms with Gasteiger partial charge in [-0.05, 0) is 57.6 Å². The maximum absolute atomic E-state index is 5.67. The molecule has 0 aliphatic heterocycles. The molecule has 0 aliphatic carbocycles. The van der Waals surface area contributed by atoms with E-state index >= 15 is 0 Å². The summed E-state index contributed by atoms with van der Waals surface area (Å²) in [6, 6.07) is 44.9. The molecule has 2 aromatic heterocycles. The van der Waals surface area contributed by atoms with E-state index in [9.17, 15) is 0 Å². The second kappa shape index (κ2) is 12.0. The maximum Gasteiger partial charge on any atom is 2.00 e. The second-order valence-corrected chi connectivity index (χ2v) is 9.86. The third-order valence-electron chi connectivity index (χ3n) is 6.45. The fourth-order valence-corrected chi connectivity index (χ4v) is 5.05. The van der Waals surface area contributed by atoms with Gasteiger partial charge in [0.1, 0.15) is 0 Å². The van der Waals surface area contributed by atoms with Crippen LogP contribution < -0.4 is 0 Å². The minimum Gasteiger partial charge on any atom is -0.779 e. The molecule has 4 aromatic carbocycles. The minimum atomic E-state index is 0. The average molecular weight is 718 g/mol. The van der Waals surface area contributed by atoms with Crippen LogP contribution in [0.4, 0.5) is 0 Å². The molecular weight excluding hydrogens is 696 g/mol. The van der Waals surface area contributed by atoms with Crippen molar-refractivity contribution in [2.75, 3.05) is 0 Å². The van der Waals surface area contributed by atoms with Crippen molar-refractivity contribution in [2.24, 2.45) is 0 Å². The van der Waals surface area contributed by atoms with Crippen LogP contribution >= 0.6 is 0 Å². The summed E-state index contributed by atoms with van der Waals surface area (Å²) in [5, 5.41) is 0. The molecule has 190 valence electrons. The van der Waals surface area contributed by atoms with Gasteiger partial charge >= 0.3 is 21.1 Å². The summed E-state index contributed by atoms with van der Waals surface area (Å²) in [6.45, 7) is 0. The van der Waals surface area contributed by atoms with Gasteiger partial charge in [-0.2, -0.15) is 9.79 Å². The van der Waals surface area contributed by atoms with Gasteiger partial charge in [0, 0.05) is 0 Å². The number of rotatable bonds is 5. The van der Waals surface area contributed by atoms with Crippen molar-refractivity contribution in [3.05, 3.63) is 133 Å². The Kier molecular flexibility index (Phi) is 8.28. The van der Waals surface area contributed by atoms with Crippen LogP contribution in [-0.2, 0) is 46.3 Å². The standard InChI is InChI=1S/C34H24N2S2.Pt/c37-33-17-9-7-15-27(33)29-19-25(23-11-3-1-4-12-23)21-31(35-29)32-22-26(24-13-5-2-6-14-24)20-30(36-32)28-16-8-10-18-34(28)38;/h1-22,37-38H;/q;+2/p-2. The Hall–Kier alpha value is -3.69. The van der Waals surface area contributed by atoms with E-state index in [4.69, 9.17) is 35.2 Å². The zero-order valence-corrected chi connectivity index (χ0v) is 24.6. The maximum atomic E-state index is 5.67. The number of benzene rings is 4. The van der Waals surface area contributed by atoms with Crippen LogP contribution in [-0.4, -0.2) is 9.97 Å². The first kappa shape index (κ1) is 26.9. The zero-order chi connectivity index (χ0) is 25.9. The predicted molar refractivity (Wildman–Crippen MR) is 160 cm³/mol. The summed E-state index contributed by atoms with van der Waals surface area (Å²) in [6.07, 6.45) is 0. The Morgan fingerprint density at radius 2 is 0.692 bits per heavy atom.